The van der Waals surface area contributed by atoms with Crippen LogP contribution in [0.5, 0.6) is 0 Å². The van der Waals surface area contributed by atoms with Crippen LogP contribution in [0.15, 0.2) is 24.3 Å². The van der Waals surface area contributed by atoms with Crippen molar-refractivity contribution in [1.82, 2.24) is 10.2 Å². The number of nitrogens with zero attached hydrogens (tertiary/aromatic N) is 1. The molecule has 1 aliphatic rings. The van der Waals surface area contributed by atoms with E-state index in [0.717, 1.165) is 37.1 Å². The first-order chi connectivity index (χ1) is 7.25. The normalized spacial score (nSPS) is 16.7. The summed E-state index contributed by atoms with van der Waals surface area (Å²) in [6.07, 6.45) is 0. The number of hydrogen-bond acceptors (Lipinski definition) is 2. The molecule has 0 unspecified atom stereocenters. The lowest BCUT2D eigenvalue weighted by Crippen LogP contribution is -2.47. The van der Waals surface area contributed by atoms with Gasteiger partial charge in [0.2, 0.25) is 0 Å². The largest absolute Gasteiger partial charge is 0.316 e. The van der Waals surface area contributed by atoms with Crippen LogP contribution in [0.3, 0.4) is 0 Å². The van der Waals surface area contributed by atoms with Crippen molar-refractivity contribution in [2.45, 2.75) is 6.54 Å². The fourth-order valence-electron chi connectivity index (χ4n) is 1.90. The second kappa shape index (κ2) is 4.97. The first-order valence-electron chi connectivity index (χ1n) is 5.38. The summed E-state index contributed by atoms with van der Waals surface area (Å²) in [6, 6.07) is 8.06. The minimum Gasteiger partial charge on any atom is -0.316 e. The summed E-state index contributed by atoms with van der Waals surface area (Å²) in [5, 5.41) is 4.16. The summed E-state index contributed by atoms with van der Waals surface area (Å²) in [5.74, 6) is 0.817. The summed E-state index contributed by atoms with van der Waals surface area (Å²) in [4.78, 5) is 2.34. The predicted octanol–water partition coefficient (Wildman–Crippen LogP) is 1.99. The van der Waals surface area contributed by atoms with Gasteiger partial charge in [-0.25, -0.2) is 0 Å². The van der Waals surface area contributed by atoms with Crippen molar-refractivity contribution in [3.63, 3.8) is 0 Å². The van der Waals surface area contributed by atoms with Gasteiger partial charge in [-0.2, -0.15) is 0 Å². The Morgan fingerprint density at radius 2 is 2.13 bits per heavy atom. The predicted molar refractivity (Wildman–Crippen MR) is 64.1 cm³/mol. The first kappa shape index (κ1) is 10.9. The molecule has 1 aromatic rings. The molecular formula is C12H17ClN2. The van der Waals surface area contributed by atoms with Crippen molar-refractivity contribution in [3.8, 4) is 0 Å². The molecular weight excluding hydrogens is 208 g/mol. The van der Waals surface area contributed by atoms with Crippen molar-refractivity contribution < 1.29 is 0 Å². The van der Waals surface area contributed by atoms with Gasteiger partial charge in [-0.15, -0.1) is 0 Å². The molecule has 0 amide bonds. The Morgan fingerprint density at radius 3 is 2.73 bits per heavy atom. The van der Waals surface area contributed by atoms with Crippen LogP contribution in [-0.4, -0.2) is 31.6 Å². The summed E-state index contributed by atoms with van der Waals surface area (Å²) in [5.41, 5.74) is 1.22. The van der Waals surface area contributed by atoms with Crippen LogP contribution in [0.4, 0.5) is 0 Å². The van der Waals surface area contributed by atoms with Gasteiger partial charge in [0.1, 0.15) is 0 Å². The highest BCUT2D eigenvalue weighted by Crippen LogP contribution is 2.17. The van der Waals surface area contributed by atoms with E-state index in [2.05, 4.69) is 23.3 Å². The number of halogens is 1. The zero-order valence-electron chi connectivity index (χ0n) is 9.04. The molecule has 1 aliphatic heterocycles. The topological polar surface area (TPSA) is 15.3 Å². The average Bonchev–Trinajstić information content (AvgIpc) is 2.16. The number of hydrogen-bond donors (Lipinski definition) is 1. The lowest BCUT2D eigenvalue weighted by atomic mass is 10.0. The van der Waals surface area contributed by atoms with Crippen molar-refractivity contribution in [1.29, 1.82) is 0 Å². The Balaban J connectivity index is 1.87. The van der Waals surface area contributed by atoms with E-state index < -0.39 is 0 Å². The Bertz CT molecular complexity index is 323. The van der Waals surface area contributed by atoms with Gasteiger partial charge in [-0.3, -0.25) is 0 Å². The van der Waals surface area contributed by atoms with E-state index in [1.165, 1.54) is 5.56 Å². The zero-order valence-corrected chi connectivity index (χ0v) is 9.80. The van der Waals surface area contributed by atoms with Crippen LogP contribution < -0.4 is 5.32 Å². The summed E-state index contributed by atoms with van der Waals surface area (Å²) in [7, 11) is 2.15. The second-order valence-corrected chi connectivity index (χ2v) is 4.72. The first-order valence-corrected chi connectivity index (χ1v) is 5.76. The molecule has 2 rings (SSSR count). The van der Waals surface area contributed by atoms with E-state index in [1.54, 1.807) is 0 Å². The molecule has 0 spiro atoms. The van der Waals surface area contributed by atoms with Crippen LogP contribution in [-0.2, 0) is 6.54 Å². The molecule has 2 nitrogen and oxygen atoms in total. The minimum absolute atomic E-state index is 0.817. The summed E-state index contributed by atoms with van der Waals surface area (Å²) >= 11 is 6.11. The highest BCUT2D eigenvalue weighted by Gasteiger charge is 2.18. The Morgan fingerprint density at radius 1 is 1.40 bits per heavy atom. The maximum Gasteiger partial charge on any atom is 0.0451 e. The molecule has 0 aliphatic carbocycles. The third kappa shape index (κ3) is 2.94. The Hall–Kier alpha value is -0.570. The molecule has 1 aromatic carbocycles. The van der Waals surface area contributed by atoms with Gasteiger partial charge >= 0.3 is 0 Å². The maximum absolute atomic E-state index is 6.11. The van der Waals surface area contributed by atoms with Crippen LogP contribution in [0, 0.1) is 5.92 Å². The van der Waals surface area contributed by atoms with Gasteiger partial charge in [0.15, 0.2) is 0 Å². The molecule has 82 valence electrons. The minimum atomic E-state index is 0.817. The lowest BCUT2D eigenvalue weighted by molar-refractivity contribution is 0.219. The molecule has 0 bridgehead atoms. The number of nitrogens with one attached hydrogen (secondary N) is 1. The SMILES string of the molecule is CN(Cc1ccccc1Cl)CC1CNC1. The molecule has 1 N–H and O–H groups in total. The molecule has 0 aromatic heterocycles. The standard InChI is InChI=1S/C12H17ClN2/c1-15(8-10-6-14-7-10)9-11-4-2-3-5-12(11)13/h2-5,10,14H,6-9H2,1H3. The maximum atomic E-state index is 6.11. The monoisotopic (exact) mass is 224 g/mol. The van der Waals surface area contributed by atoms with Crippen LogP contribution >= 0.6 is 11.6 Å². The molecule has 0 atom stereocenters. The van der Waals surface area contributed by atoms with Gasteiger partial charge in [0, 0.05) is 31.2 Å². The highest BCUT2D eigenvalue weighted by atomic mass is 35.5. The van der Waals surface area contributed by atoms with Crippen molar-refractivity contribution in [3.05, 3.63) is 34.9 Å². The third-order valence-electron chi connectivity index (χ3n) is 2.83. The Labute approximate surface area is 96.2 Å². The fourth-order valence-corrected chi connectivity index (χ4v) is 2.10. The molecule has 1 saturated heterocycles. The highest BCUT2D eigenvalue weighted by molar-refractivity contribution is 6.31. The van der Waals surface area contributed by atoms with Crippen molar-refractivity contribution in [2.24, 2.45) is 5.92 Å². The molecule has 15 heavy (non-hydrogen) atoms. The second-order valence-electron chi connectivity index (χ2n) is 4.31. The smallest absolute Gasteiger partial charge is 0.0451 e. The summed E-state index contributed by atoms with van der Waals surface area (Å²) < 4.78 is 0. The van der Waals surface area contributed by atoms with Crippen molar-refractivity contribution >= 4 is 11.6 Å². The van der Waals surface area contributed by atoms with Crippen molar-refractivity contribution in [2.75, 3.05) is 26.7 Å². The number of rotatable bonds is 4. The van der Waals surface area contributed by atoms with Gasteiger partial charge in [-0.05, 0) is 24.6 Å². The number of benzene rings is 1. The fraction of sp³-hybridized carbons (Fsp3) is 0.500. The molecule has 0 radical (unpaired) electrons. The quantitative estimate of drug-likeness (QED) is 0.842. The van der Waals surface area contributed by atoms with E-state index in [4.69, 9.17) is 11.6 Å². The van der Waals surface area contributed by atoms with Crippen LogP contribution in [0.25, 0.3) is 0 Å². The van der Waals surface area contributed by atoms with Gasteiger partial charge in [0.05, 0.1) is 0 Å². The lowest BCUT2D eigenvalue weighted by Gasteiger charge is -2.31. The van der Waals surface area contributed by atoms with Crippen LogP contribution in [0.1, 0.15) is 5.56 Å². The van der Waals surface area contributed by atoms with Crippen LogP contribution in [0.2, 0.25) is 5.02 Å². The molecule has 0 saturated carbocycles. The average molecular weight is 225 g/mol. The van der Waals surface area contributed by atoms with E-state index in [-0.39, 0.29) is 0 Å². The van der Waals surface area contributed by atoms with Gasteiger partial charge < -0.3 is 10.2 Å². The molecule has 3 heteroatoms. The molecule has 1 fully saturated rings. The van der Waals surface area contributed by atoms with Gasteiger partial charge in [0.25, 0.3) is 0 Å². The van der Waals surface area contributed by atoms with Gasteiger partial charge in [-0.1, -0.05) is 29.8 Å². The zero-order chi connectivity index (χ0) is 10.7. The van der Waals surface area contributed by atoms with E-state index in [0.29, 0.717) is 0 Å². The van der Waals surface area contributed by atoms with E-state index in [1.807, 2.05) is 18.2 Å². The summed E-state index contributed by atoms with van der Waals surface area (Å²) in [6.45, 7) is 4.41. The molecule has 1 heterocycles. The van der Waals surface area contributed by atoms with E-state index in [9.17, 15) is 0 Å². The third-order valence-corrected chi connectivity index (χ3v) is 3.20. The van der Waals surface area contributed by atoms with E-state index >= 15 is 0 Å². The Kier molecular flexibility index (Phi) is 3.62.